The second kappa shape index (κ2) is 26.4. The SMILES string of the molecule is C(#CC(c1ccccc1)(c1ccccc1)c1ccccc1)c1ccc(C#CC(c2ccccc2)(c2ccccc2)c2cccc(C(C#Cc3ccc(C#CC(c4ccccc4)(c4ccccc4)c4ccccc4)cc3)(c3ccccc3)c3ccccc3)c2)cc1. The fourth-order valence-corrected chi connectivity index (χ4v) is 12.7. The van der Waals surface area contributed by atoms with Crippen molar-refractivity contribution in [3.8, 4) is 47.4 Å². The molecule has 0 saturated carbocycles. The first kappa shape index (κ1) is 57.2. The molecule has 13 aromatic rings. The normalized spacial score (nSPS) is 11.2. The quantitative estimate of drug-likeness (QED) is 0.0845. The molecule has 0 radical (unpaired) electrons. The van der Waals surface area contributed by atoms with Crippen molar-refractivity contribution in [3.63, 3.8) is 0 Å². The van der Waals surface area contributed by atoms with E-state index in [9.17, 15) is 0 Å². The van der Waals surface area contributed by atoms with Crippen LogP contribution in [0.25, 0.3) is 0 Å². The minimum Gasteiger partial charge on any atom is -0.0765 e. The van der Waals surface area contributed by atoms with Gasteiger partial charge < -0.3 is 0 Å². The number of benzene rings is 13. The lowest BCUT2D eigenvalue weighted by atomic mass is 9.66. The van der Waals surface area contributed by atoms with Gasteiger partial charge in [0.2, 0.25) is 0 Å². The Hall–Kier alpha value is -11.9. The molecule has 90 heavy (non-hydrogen) atoms. The summed E-state index contributed by atoms with van der Waals surface area (Å²) in [4.78, 5) is 0. The van der Waals surface area contributed by atoms with Crippen LogP contribution in [0.4, 0.5) is 0 Å². The molecule has 0 spiro atoms. The third kappa shape index (κ3) is 11.4. The van der Waals surface area contributed by atoms with Crippen molar-refractivity contribution < 1.29 is 0 Å². The van der Waals surface area contributed by atoms with Crippen LogP contribution in [-0.4, -0.2) is 0 Å². The van der Waals surface area contributed by atoms with E-state index in [-0.39, 0.29) is 0 Å². The van der Waals surface area contributed by atoms with Gasteiger partial charge >= 0.3 is 0 Å². The second-order valence-corrected chi connectivity index (χ2v) is 22.4. The van der Waals surface area contributed by atoms with Crippen molar-refractivity contribution in [2.24, 2.45) is 0 Å². The Morgan fingerprint density at radius 2 is 0.267 bits per heavy atom. The Labute approximate surface area is 530 Å². The Kier molecular flexibility index (Phi) is 16.8. The van der Waals surface area contributed by atoms with Gasteiger partial charge in [0.05, 0.1) is 0 Å². The zero-order valence-corrected chi connectivity index (χ0v) is 49.8. The first-order valence-corrected chi connectivity index (χ1v) is 30.6. The average Bonchev–Trinajstić information content (AvgIpc) is 0.779. The van der Waals surface area contributed by atoms with Crippen molar-refractivity contribution in [2.75, 3.05) is 0 Å². The van der Waals surface area contributed by atoms with E-state index in [1.165, 1.54) is 0 Å². The van der Waals surface area contributed by atoms with Crippen molar-refractivity contribution in [3.05, 3.63) is 465 Å². The predicted molar refractivity (Wildman–Crippen MR) is 371 cm³/mol. The molecule has 0 saturated heterocycles. The molecule has 422 valence electrons. The van der Waals surface area contributed by atoms with E-state index >= 15 is 0 Å². The van der Waals surface area contributed by atoms with Crippen molar-refractivity contribution in [1.29, 1.82) is 0 Å². The number of rotatable bonds is 12. The summed E-state index contributed by atoms with van der Waals surface area (Å²) in [5, 5.41) is 0. The Bertz CT molecular complexity index is 4170. The molecule has 13 aromatic carbocycles. The first-order valence-electron chi connectivity index (χ1n) is 30.6. The van der Waals surface area contributed by atoms with Gasteiger partial charge in [-0.3, -0.25) is 0 Å². The van der Waals surface area contributed by atoms with E-state index in [2.05, 4.69) is 423 Å². The Balaban J connectivity index is 0.924. The van der Waals surface area contributed by atoms with Crippen LogP contribution in [0.15, 0.2) is 376 Å². The smallest absolute Gasteiger partial charge is 0.0765 e. The fraction of sp³-hybridized carbons (Fsp3) is 0.0444. The summed E-state index contributed by atoms with van der Waals surface area (Å²) < 4.78 is 0. The summed E-state index contributed by atoms with van der Waals surface area (Å²) >= 11 is 0. The number of hydrogen-bond acceptors (Lipinski definition) is 0. The summed E-state index contributed by atoms with van der Waals surface area (Å²) in [6, 6.07) is 132. The van der Waals surface area contributed by atoms with E-state index in [4.69, 9.17) is 0 Å². The summed E-state index contributed by atoms with van der Waals surface area (Å²) in [5.41, 5.74) is 13.2. The monoisotopic (exact) mass is 1140 g/mol. The Morgan fingerprint density at radius 3 is 0.422 bits per heavy atom. The molecule has 0 N–H and O–H groups in total. The van der Waals surface area contributed by atoms with Crippen LogP contribution in [0, 0.1) is 47.4 Å². The molecule has 0 aliphatic carbocycles. The van der Waals surface area contributed by atoms with Gasteiger partial charge in [0.15, 0.2) is 0 Å². The van der Waals surface area contributed by atoms with E-state index in [0.29, 0.717) is 0 Å². The van der Waals surface area contributed by atoms with Gasteiger partial charge in [-0.25, -0.2) is 0 Å². The highest BCUT2D eigenvalue weighted by Crippen LogP contribution is 2.45. The van der Waals surface area contributed by atoms with Crippen LogP contribution in [0.1, 0.15) is 89.0 Å². The molecule has 0 nitrogen and oxygen atoms in total. The zero-order chi connectivity index (χ0) is 60.7. The maximum absolute atomic E-state index is 3.97. The van der Waals surface area contributed by atoms with E-state index in [1.54, 1.807) is 0 Å². The van der Waals surface area contributed by atoms with Crippen LogP contribution in [0.5, 0.6) is 0 Å². The van der Waals surface area contributed by atoms with Crippen molar-refractivity contribution in [1.82, 2.24) is 0 Å². The molecule has 0 amide bonds. The van der Waals surface area contributed by atoms with E-state index in [1.807, 2.05) is 0 Å². The topological polar surface area (TPSA) is 0 Å². The predicted octanol–water partition coefficient (Wildman–Crippen LogP) is 19.2. The molecule has 0 aromatic heterocycles. The summed E-state index contributed by atoms with van der Waals surface area (Å²) in [5.74, 6) is 30.3. The average molecular weight is 1140 g/mol. The second-order valence-electron chi connectivity index (χ2n) is 22.4. The molecular weight excluding hydrogens is 1080 g/mol. The molecule has 0 heterocycles. The highest BCUT2D eigenvalue weighted by atomic mass is 14.4. The minimum absolute atomic E-state index is 0.711. The molecule has 0 fully saturated rings. The third-order valence-electron chi connectivity index (χ3n) is 17.1. The van der Waals surface area contributed by atoms with Crippen molar-refractivity contribution in [2.45, 2.75) is 21.7 Å². The fourth-order valence-electron chi connectivity index (χ4n) is 12.7. The lowest BCUT2D eigenvalue weighted by Crippen LogP contribution is -2.31. The molecule has 0 unspecified atom stereocenters. The van der Waals surface area contributed by atoms with Crippen LogP contribution in [-0.2, 0) is 21.7 Å². The highest BCUT2D eigenvalue weighted by Gasteiger charge is 2.40. The first-order chi connectivity index (χ1) is 44.6. The maximum Gasteiger partial charge on any atom is 0.107 e. The largest absolute Gasteiger partial charge is 0.107 e. The van der Waals surface area contributed by atoms with Crippen molar-refractivity contribution >= 4 is 0 Å². The highest BCUT2D eigenvalue weighted by molar-refractivity contribution is 5.67. The molecule has 13 rings (SSSR count). The summed E-state index contributed by atoms with van der Waals surface area (Å²) in [6.45, 7) is 0. The van der Waals surface area contributed by atoms with Crippen LogP contribution in [0.2, 0.25) is 0 Å². The minimum atomic E-state index is -0.930. The molecule has 0 aliphatic rings. The zero-order valence-electron chi connectivity index (χ0n) is 49.8. The van der Waals surface area contributed by atoms with E-state index in [0.717, 1.165) is 89.0 Å². The standard InChI is InChI=1S/C90H62/c1-11-32-75(33-12-1)87(76-34-13-2-14-35-76,77-36-15-3-16-37-77)66-62-71-54-58-73(59-55-71)64-68-89(81-44-23-7-24-45-81,82-46-25-8-26-47-82)85-52-31-53-86(70-85)90(83-48-27-9-28-49-83,84-50-29-10-30-51-84)69-65-74-60-56-72(57-61-74)63-67-88(78-38-17-4-18-39-78,79-40-19-5-20-41-79)80-42-21-6-22-43-80/h1-61,70H. The van der Waals surface area contributed by atoms with Gasteiger partial charge in [-0.1, -0.05) is 375 Å². The number of hydrogen-bond donors (Lipinski definition) is 0. The molecule has 0 aliphatic heterocycles. The molecule has 0 atom stereocenters. The maximum atomic E-state index is 3.97. The lowest BCUT2D eigenvalue weighted by molar-refractivity contribution is 0.778. The summed E-state index contributed by atoms with van der Waals surface area (Å²) in [6.07, 6.45) is 0. The third-order valence-corrected chi connectivity index (χ3v) is 17.1. The Morgan fingerprint density at radius 1 is 0.133 bits per heavy atom. The molecular formula is C90H62. The van der Waals surface area contributed by atoms with Gasteiger partial charge in [-0.05, 0) is 115 Å². The van der Waals surface area contributed by atoms with Gasteiger partial charge in [-0.15, -0.1) is 0 Å². The van der Waals surface area contributed by atoms with Gasteiger partial charge in [0.25, 0.3) is 0 Å². The van der Waals surface area contributed by atoms with Crippen LogP contribution >= 0.6 is 0 Å². The van der Waals surface area contributed by atoms with E-state index < -0.39 is 21.7 Å². The van der Waals surface area contributed by atoms with Gasteiger partial charge in [0, 0.05) is 22.3 Å². The van der Waals surface area contributed by atoms with Crippen LogP contribution in [0.3, 0.4) is 0 Å². The molecule has 0 heteroatoms. The van der Waals surface area contributed by atoms with Gasteiger partial charge in [0.1, 0.15) is 21.7 Å². The van der Waals surface area contributed by atoms with Gasteiger partial charge in [-0.2, -0.15) is 0 Å². The van der Waals surface area contributed by atoms with Crippen LogP contribution < -0.4 is 0 Å². The molecule has 0 bridgehead atoms. The summed E-state index contributed by atoms with van der Waals surface area (Å²) in [7, 11) is 0. The lowest BCUT2D eigenvalue weighted by Gasteiger charge is -2.35.